The molecular formula is C16H24BNO2S. The lowest BCUT2D eigenvalue weighted by Gasteiger charge is -2.64. The van der Waals surface area contributed by atoms with Gasteiger partial charge in [0, 0.05) is 5.94 Å². The Morgan fingerprint density at radius 2 is 2.24 bits per heavy atom. The van der Waals surface area contributed by atoms with Crippen LogP contribution in [0.15, 0.2) is 16.8 Å². The summed E-state index contributed by atoms with van der Waals surface area (Å²) >= 11 is 1.71. The van der Waals surface area contributed by atoms with E-state index in [-0.39, 0.29) is 24.8 Å². The Hall–Kier alpha value is -0.355. The van der Waals surface area contributed by atoms with Crippen molar-refractivity contribution in [2.75, 3.05) is 0 Å². The third-order valence-corrected chi connectivity index (χ3v) is 7.10. The zero-order chi connectivity index (χ0) is 14.8. The molecule has 5 rings (SSSR count). The highest BCUT2D eigenvalue weighted by Gasteiger charge is 2.68. The molecule has 21 heavy (non-hydrogen) atoms. The third-order valence-electron chi connectivity index (χ3n) is 6.37. The van der Waals surface area contributed by atoms with Gasteiger partial charge in [0.15, 0.2) is 0 Å². The maximum absolute atomic E-state index is 6.41. The molecule has 1 aliphatic heterocycles. The van der Waals surface area contributed by atoms with Crippen LogP contribution >= 0.6 is 11.3 Å². The molecule has 5 heteroatoms. The molecule has 3 aliphatic carbocycles. The summed E-state index contributed by atoms with van der Waals surface area (Å²) in [6.45, 7) is 7.02. The fourth-order valence-electron chi connectivity index (χ4n) is 4.86. The molecule has 1 saturated heterocycles. The minimum atomic E-state index is -0.255. The second-order valence-electron chi connectivity index (χ2n) is 7.84. The van der Waals surface area contributed by atoms with Gasteiger partial charge < -0.3 is 15.0 Å². The summed E-state index contributed by atoms with van der Waals surface area (Å²) in [5.41, 5.74) is 7.89. The van der Waals surface area contributed by atoms with Crippen molar-refractivity contribution in [2.24, 2.45) is 23.0 Å². The molecule has 3 nitrogen and oxygen atoms in total. The normalized spacial score (nSPS) is 41.5. The summed E-state index contributed by atoms with van der Waals surface area (Å²) in [6.07, 6.45) is 3.47. The molecule has 4 fully saturated rings. The van der Waals surface area contributed by atoms with Crippen LogP contribution in [0.25, 0.3) is 0 Å². The molecule has 3 saturated carbocycles. The van der Waals surface area contributed by atoms with Crippen molar-refractivity contribution in [1.29, 1.82) is 0 Å². The molecule has 114 valence electrons. The third kappa shape index (κ3) is 1.98. The van der Waals surface area contributed by atoms with E-state index in [9.17, 15) is 0 Å². The fraction of sp³-hybridized carbons (Fsp3) is 0.750. The number of hydrogen-bond donors (Lipinski definition) is 1. The van der Waals surface area contributed by atoms with E-state index in [2.05, 4.69) is 37.6 Å². The SMILES string of the molecule is CC1(C)[C@@H]2C[C@H]3OB([C@@H](N)Cc4ccsc4)O[C@@]3(C)[C@H]1C2. The van der Waals surface area contributed by atoms with E-state index in [0.717, 1.165) is 18.8 Å². The van der Waals surface area contributed by atoms with E-state index in [4.69, 9.17) is 15.0 Å². The van der Waals surface area contributed by atoms with Gasteiger partial charge in [-0.1, -0.05) is 13.8 Å². The molecule has 2 N–H and O–H groups in total. The van der Waals surface area contributed by atoms with Crippen LogP contribution in [0.2, 0.25) is 0 Å². The first-order chi connectivity index (χ1) is 9.91. The Labute approximate surface area is 131 Å². The highest BCUT2D eigenvalue weighted by Crippen LogP contribution is 2.65. The van der Waals surface area contributed by atoms with Gasteiger partial charge in [-0.25, -0.2) is 0 Å². The van der Waals surface area contributed by atoms with Crippen molar-refractivity contribution in [3.8, 4) is 0 Å². The molecule has 0 spiro atoms. The van der Waals surface area contributed by atoms with Crippen LogP contribution < -0.4 is 5.73 Å². The van der Waals surface area contributed by atoms with E-state index >= 15 is 0 Å². The molecule has 2 bridgehead atoms. The lowest BCUT2D eigenvalue weighted by molar-refractivity contribution is -0.199. The standard InChI is InChI=1S/C16H24BNO2S/c1-15(2)11-7-12(15)16(3)13(8-11)19-17(20-16)14(18)6-10-4-5-21-9-10/h4-5,9,11-14H,6-8,18H2,1-3H3/t11-,12-,13+,14-,16-/m0/s1. The minimum absolute atomic E-state index is 0.0812. The van der Waals surface area contributed by atoms with Gasteiger partial charge in [0.25, 0.3) is 0 Å². The van der Waals surface area contributed by atoms with Crippen molar-refractivity contribution < 1.29 is 9.31 Å². The van der Waals surface area contributed by atoms with Gasteiger partial charge in [0.1, 0.15) is 0 Å². The maximum Gasteiger partial charge on any atom is 0.475 e. The quantitative estimate of drug-likeness (QED) is 0.873. The van der Waals surface area contributed by atoms with Crippen molar-refractivity contribution >= 4 is 18.5 Å². The van der Waals surface area contributed by atoms with Crippen LogP contribution in [0.3, 0.4) is 0 Å². The Balaban J connectivity index is 1.49. The Morgan fingerprint density at radius 1 is 1.43 bits per heavy atom. The summed E-state index contributed by atoms with van der Waals surface area (Å²) in [5, 5.41) is 4.25. The van der Waals surface area contributed by atoms with Crippen LogP contribution in [0.5, 0.6) is 0 Å². The Morgan fingerprint density at radius 3 is 2.90 bits per heavy atom. The predicted molar refractivity (Wildman–Crippen MR) is 86.1 cm³/mol. The smallest absolute Gasteiger partial charge is 0.404 e. The lowest BCUT2D eigenvalue weighted by Crippen LogP contribution is -2.65. The molecule has 5 atom stereocenters. The summed E-state index contributed by atoms with van der Waals surface area (Å²) in [6, 6.07) is 2.13. The van der Waals surface area contributed by atoms with E-state index in [1.165, 1.54) is 12.0 Å². The highest BCUT2D eigenvalue weighted by molar-refractivity contribution is 7.07. The van der Waals surface area contributed by atoms with Crippen molar-refractivity contribution in [1.82, 2.24) is 0 Å². The molecule has 2 heterocycles. The van der Waals surface area contributed by atoms with Crippen LogP contribution in [0.1, 0.15) is 39.2 Å². The maximum atomic E-state index is 6.41. The van der Waals surface area contributed by atoms with Crippen molar-refractivity contribution in [2.45, 2.75) is 57.7 Å². The molecule has 0 aromatic carbocycles. The average Bonchev–Trinajstić information content (AvgIpc) is 3.03. The summed E-state index contributed by atoms with van der Waals surface area (Å²) < 4.78 is 12.6. The highest BCUT2D eigenvalue weighted by atomic mass is 32.1. The molecule has 1 aromatic rings. The van der Waals surface area contributed by atoms with Gasteiger partial charge in [-0.05, 0) is 65.8 Å². The number of nitrogens with two attached hydrogens (primary N) is 1. The van der Waals surface area contributed by atoms with Crippen LogP contribution in [-0.4, -0.2) is 24.8 Å². The monoisotopic (exact) mass is 305 g/mol. The number of hydrogen-bond acceptors (Lipinski definition) is 4. The lowest BCUT2D eigenvalue weighted by atomic mass is 9.43. The molecule has 0 unspecified atom stereocenters. The summed E-state index contributed by atoms with van der Waals surface area (Å²) in [7, 11) is -0.255. The van der Waals surface area contributed by atoms with Crippen LogP contribution in [0.4, 0.5) is 0 Å². The van der Waals surface area contributed by atoms with E-state index in [0.29, 0.717) is 11.3 Å². The molecule has 1 aromatic heterocycles. The van der Waals surface area contributed by atoms with E-state index in [1.54, 1.807) is 11.3 Å². The summed E-state index contributed by atoms with van der Waals surface area (Å²) in [5.74, 6) is 1.31. The van der Waals surface area contributed by atoms with Gasteiger partial charge in [-0.2, -0.15) is 11.3 Å². The number of rotatable bonds is 3. The van der Waals surface area contributed by atoms with Crippen molar-refractivity contribution in [3.05, 3.63) is 22.4 Å². The van der Waals surface area contributed by atoms with E-state index < -0.39 is 0 Å². The van der Waals surface area contributed by atoms with Gasteiger partial charge in [0.05, 0.1) is 11.7 Å². The zero-order valence-corrected chi connectivity index (χ0v) is 13.9. The molecule has 0 radical (unpaired) electrons. The predicted octanol–water partition coefficient (Wildman–Crippen LogP) is 2.89. The molecule has 4 aliphatic rings. The van der Waals surface area contributed by atoms with Gasteiger partial charge >= 0.3 is 7.12 Å². The molecule has 0 amide bonds. The average molecular weight is 305 g/mol. The topological polar surface area (TPSA) is 44.5 Å². The minimum Gasteiger partial charge on any atom is -0.404 e. The largest absolute Gasteiger partial charge is 0.475 e. The van der Waals surface area contributed by atoms with Gasteiger partial charge in [0.2, 0.25) is 0 Å². The van der Waals surface area contributed by atoms with Crippen LogP contribution in [0, 0.1) is 17.3 Å². The number of thiophene rings is 1. The second-order valence-corrected chi connectivity index (χ2v) is 8.62. The second kappa shape index (κ2) is 4.57. The Bertz CT molecular complexity index is 534. The van der Waals surface area contributed by atoms with Gasteiger partial charge in [-0.15, -0.1) is 0 Å². The first-order valence-electron chi connectivity index (χ1n) is 8.01. The summed E-state index contributed by atoms with van der Waals surface area (Å²) in [4.78, 5) is 0. The van der Waals surface area contributed by atoms with Crippen LogP contribution in [-0.2, 0) is 15.7 Å². The van der Waals surface area contributed by atoms with Crippen molar-refractivity contribution in [3.63, 3.8) is 0 Å². The van der Waals surface area contributed by atoms with Gasteiger partial charge in [-0.3, -0.25) is 0 Å². The first-order valence-corrected chi connectivity index (χ1v) is 8.95. The fourth-order valence-corrected chi connectivity index (χ4v) is 5.54. The Kier molecular flexibility index (Phi) is 3.10. The molecular weight excluding hydrogens is 281 g/mol. The zero-order valence-electron chi connectivity index (χ0n) is 13.0. The first kappa shape index (κ1) is 14.3. The van der Waals surface area contributed by atoms with E-state index in [1.807, 2.05) is 0 Å².